The fraction of sp³-hybridized carbons (Fsp3) is 1.00. The first-order chi connectivity index (χ1) is 8.51. The standard InChI is InChI=1S/C13H23F3N2/c1-17-11-5-3-2-4-6-12(11)18(10-7-8-10)9-13(14,15)16/h10-12,17H,2-9H2,1H3. The molecule has 0 radical (unpaired) electrons. The van der Waals surface area contributed by atoms with Crippen molar-refractivity contribution in [3.8, 4) is 0 Å². The molecule has 106 valence electrons. The Morgan fingerprint density at radius 3 is 2.28 bits per heavy atom. The summed E-state index contributed by atoms with van der Waals surface area (Å²) in [6, 6.07) is 0.452. The van der Waals surface area contributed by atoms with Crippen LogP contribution in [0.15, 0.2) is 0 Å². The number of nitrogens with zero attached hydrogens (tertiary/aromatic N) is 1. The van der Waals surface area contributed by atoms with Crippen molar-refractivity contribution in [1.82, 2.24) is 10.2 Å². The van der Waals surface area contributed by atoms with E-state index in [1.165, 1.54) is 0 Å². The Morgan fingerprint density at radius 1 is 1.06 bits per heavy atom. The van der Waals surface area contributed by atoms with E-state index in [1.807, 2.05) is 7.05 Å². The molecule has 0 spiro atoms. The number of hydrogen-bond acceptors (Lipinski definition) is 2. The van der Waals surface area contributed by atoms with E-state index in [4.69, 9.17) is 0 Å². The van der Waals surface area contributed by atoms with Gasteiger partial charge < -0.3 is 5.32 Å². The maximum Gasteiger partial charge on any atom is 0.401 e. The van der Waals surface area contributed by atoms with Crippen LogP contribution in [-0.4, -0.2) is 42.8 Å². The van der Waals surface area contributed by atoms with Crippen LogP contribution in [-0.2, 0) is 0 Å². The van der Waals surface area contributed by atoms with Gasteiger partial charge in [-0.05, 0) is 32.7 Å². The smallest absolute Gasteiger partial charge is 0.315 e. The van der Waals surface area contributed by atoms with Gasteiger partial charge in [0.05, 0.1) is 6.54 Å². The molecule has 2 nitrogen and oxygen atoms in total. The molecule has 2 unspecified atom stereocenters. The Balaban J connectivity index is 2.06. The van der Waals surface area contributed by atoms with Gasteiger partial charge in [0, 0.05) is 18.1 Å². The van der Waals surface area contributed by atoms with Crippen LogP contribution in [0.1, 0.15) is 44.9 Å². The Morgan fingerprint density at radius 2 is 1.72 bits per heavy atom. The van der Waals surface area contributed by atoms with Gasteiger partial charge in [0.2, 0.25) is 0 Å². The molecule has 18 heavy (non-hydrogen) atoms. The second kappa shape index (κ2) is 5.78. The van der Waals surface area contributed by atoms with Crippen LogP contribution in [0.2, 0.25) is 0 Å². The molecule has 2 saturated carbocycles. The minimum absolute atomic E-state index is 0.0617. The summed E-state index contributed by atoms with van der Waals surface area (Å²) >= 11 is 0. The van der Waals surface area contributed by atoms with Crippen LogP contribution in [0.5, 0.6) is 0 Å². The van der Waals surface area contributed by atoms with E-state index in [-0.39, 0.29) is 18.1 Å². The van der Waals surface area contributed by atoms with Gasteiger partial charge in [0.25, 0.3) is 0 Å². The zero-order chi connectivity index (χ0) is 13.2. The Bertz CT molecular complexity index is 263. The molecule has 0 amide bonds. The summed E-state index contributed by atoms with van der Waals surface area (Å²) in [6.45, 7) is -0.736. The molecule has 2 atom stereocenters. The molecule has 0 bridgehead atoms. The molecule has 0 heterocycles. The van der Waals surface area contributed by atoms with Gasteiger partial charge in [-0.15, -0.1) is 0 Å². The monoisotopic (exact) mass is 264 g/mol. The highest BCUT2D eigenvalue weighted by Gasteiger charge is 2.43. The van der Waals surface area contributed by atoms with E-state index < -0.39 is 12.7 Å². The molecule has 2 aliphatic rings. The molecule has 5 heteroatoms. The van der Waals surface area contributed by atoms with Crippen LogP contribution in [0.25, 0.3) is 0 Å². The predicted octanol–water partition coefficient (Wildman–Crippen LogP) is 2.93. The van der Waals surface area contributed by atoms with Crippen molar-refractivity contribution in [2.24, 2.45) is 0 Å². The quantitative estimate of drug-likeness (QED) is 0.785. The van der Waals surface area contributed by atoms with Gasteiger partial charge in [-0.2, -0.15) is 13.2 Å². The van der Waals surface area contributed by atoms with E-state index in [9.17, 15) is 13.2 Å². The molecular formula is C13H23F3N2. The van der Waals surface area contributed by atoms with Crippen molar-refractivity contribution in [2.45, 2.75) is 69.2 Å². The van der Waals surface area contributed by atoms with E-state index in [0.717, 1.165) is 44.9 Å². The first-order valence-corrected chi connectivity index (χ1v) is 7.01. The molecule has 0 saturated heterocycles. The topological polar surface area (TPSA) is 15.3 Å². The third-order valence-electron chi connectivity index (χ3n) is 4.15. The molecule has 0 aromatic rings. The van der Waals surface area contributed by atoms with Gasteiger partial charge in [-0.1, -0.05) is 19.3 Å². The van der Waals surface area contributed by atoms with E-state index >= 15 is 0 Å². The Kier molecular flexibility index (Phi) is 4.54. The van der Waals surface area contributed by atoms with E-state index in [2.05, 4.69) is 5.32 Å². The van der Waals surface area contributed by atoms with Crippen molar-refractivity contribution in [1.29, 1.82) is 0 Å². The van der Waals surface area contributed by atoms with Crippen molar-refractivity contribution in [2.75, 3.05) is 13.6 Å². The maximum atomic E-state index is 12.7. The van der Waals surface area contributed by atoms with Crippen LogP contribution in [0, 0.1) is 0 Å². The first kappa shape index (κ1) is 14.1. The number of likely N-dealkylation sites (N-methyl/N-ethyl adjacent to an activating group) is 1. The number of rotatable bonds is 4. The molecule has 0 aliphatic heterocycles. The largest absolute Gasteiger partial charge is 0.401 e. The molecule has 2 aliphatic carbocycles. The second-order valence-electron chi connectivity index (χ2n) is 5.62. The molecule has 0 aromatic heterocycles. The summed E-state index contributed by atoms with van der Waals surface area (Å²) in [5, 5.41) is 3.23. The normalized spacial score (nSPS) is 30.5. The number of alkyl halides is 3. The third-order valence-corrected chi connectivity index (χ3v) is 4.15. The summed E-state index contributed by atoms with van der Waals surface area (Å²) in [4.78, 5) is 1.73. The Labute approximate surface area is 107 Å². The number of hydrogen-bond donors (Lipinski definition) is 1. The van der Waals surface area contributed by atoms with E-state index in [0.29, 0.717) is 0 Å². The summed E-state index contributed by atoms with van der Waals surface area (Å²) in [7, 11) is 1.88. The zero-order valence-corrected chi connectivity index (χ0v) is 11.0. The molecule has 2 fully saturated rings. The summed E-state index contributed by atoms with van der Waals surface area (Å²) in [5.41, 5.74) is 0. The van der Waals surface area contributed by atoms with Gasteiger partial charge in [-0.25, -0.2) is 0 Å². The molecule has 2 rings (SSSR count). The lowest BCUT2D eigenvalue weighted by atomic mass is 10.0. The lowest BCUT2D eigenvalue weighted by molar-refractivity contribution is -0.154. The van der Waals surface area contributed by atoms with Crippen LogP contribution < -0.4 is 5.32 Å². The minimum Gasteiger partial charge on any atom is -0.315 e. The van der Waals surface area contributed by atoms with Gasteiger partial charge >= 0.3 is 6.18 Å². The highest BCUT2D eigenvalue weighted by molar-refractivity contribution is 4.95. The van der Waals surface area contributed by atoms with Crippen LogP contribution >= 0.6 is 0 Å². The average molecular weight is 264 g/mol. The fourth-order valence-electron chi connectivity index (χ4n) is 3.15. The summed E-state index contributed by atoms with van der Waals surface area (Å²) < 4.78 is 38.2. The predicted molar refractivity (Wildman–Crippen MR) is 65.5 cm³/mol. The highest BCUT2D eigenvalue weighted by atomic mass is 19.4. The van der Waals surface area contributed by atoms with Crippen molar-refractivity contribution in [3.63, 3.8) is 0 Å². The number of nitrogens with one attached hydrogen (secondary N) is 1. The minimum atomic E-state index is -4.08. The van der Waals surface area contributed by atoms with Gasteiger partial charge in [0.15, 0.2) is 0 Å². The molecule has 1 N–H and O–H groups in total. The van der Waals surface area contributed by atoms with Gasteiger partial charge in [0.1, 0.15) is 0 Å². The lowest BCUT2D eigenvalue weighted by Gasteiger charge is -2.36. The molecular weight excluding hydrogens is 241 g/mol. The van der Waals surface area contributed by atoms with Crippen molar-refractivity contribution in [3.05, 3.63) is 0 Å². The second-order valence-corrected chi connectivity index (χ2v) is 5.62. The zero-order valence-electron chi connectivity index (χ0n) is 11.0. The average Bonchev–Trinajstić information content (AvgIpc) is 3.11. The number of halogens is 3. The fourth-order valence-corrected chi connectivity index (χ4v) is 3.15. The third kappa shape index (κ3) is 3.85. The van der Waals surface area contributed by atoms with Crippen LogP contribution in [0.4, 0.5) is 13.2 Å². The van der Waals surface area contributed by atoms with E-state index in [1.54, 1.807) is 4.90 Å². The summed E-state index contributed by atoms with van der Waals surface area (Å²) in [6.07, 6.45) is 3.04. The van der Waals surface area contributed by atoms with Crippen LogP contribution in [0.3, 0.4) is 0 Å². The Hall–Kier alpha value is -0.290. The maximum absolute atomic E-state index is 12.7. The lowest BCUT2D eigenvalue weighted by Crippen LogP contribution is -2.52. The van der Waals surface area contributed by atoms with Crippen molar-refractivity contribution < 1.29 is 13.2 Å². The highest BCUT2D eigenvalue weighted by Crippen LogP contribution is 2.35. The van der Waals surface area contributed by atoms with Crippen molar-refractivity contribution >= 4 is 0 Å². The van der Waals surface area contributed by atoms with Gasteiger partial charge in [-0.3, -0.25) is 4.90 Å². The molecule has 0 aromatic carbocycles. The summed E-state index contributed by atoms with van der Waals surface area (Å²) in [5.74, 6) is 0. The first-order valence-electron chi connectivity index (χ1n) is 7.01. The SMILES string of the molecule is CNC1CCCCCC1N(CC(F)(F)F)C1CC1.